The number of nitrogens with one attached hydrogen (secondary N) is 3. The van der Waals surface area contributed by atoms with E-state index in [-0.39, 0.29) is 29.8 Å². The van der Waals surface area contributed by atoms with E-state index in [0.717, 1.165) is 75.5 Å². The Morgan fingerprint density at radius 3 is 2.27 bits per heavy atom. The van der Waals surface area contributed by atoms with Crippen LogP contribution in [0.1, 0.15) is 80.8 Å². The molecular formula is C40H44N8O4. The number of fused-ring (bicyclic) bond motifs is 4. The van der Waals surface area contributed by atoms with Crippen molar-refractivity contribution in [1.82, 2.24) is 35.1 Å². The second kappa shape index (κ2) is 14.5. The van der Waals surface area contributed by atoms with Crippen LogP contribution in [-0.2, 0) is 14.3 Å². The maximum Gasteiger partial charge on any atom is 0.407 e. The number of alkyl carbamates (subject to hydrolysis) is 1. The lowest BCUT2D eigenvalue weighted by molar-refractivity contribution is -0.135. The third-order valence-electron chi connectivity index (χ3n) is 10.2. The van der Waals surface area contributed by atoms with Crippen LogP contribution in [0.4, 0.5) is 4.79 Å². The smallest absolute Gasteiger partial charge is 0.407 e. The molecule has 4 heterocycles. The SMILES string of the molecule is C=CC[C@H](NC(=O)OC)C(=O)N1CCC[C@H]1c1nc2ccc(C#Cc3ccc4c(ccc5nc([C@@H]6CCCN6C(=O)[C@@H](N)C(C)C)[nH]c54)c3)cc2[nH]1. The van der Waals surface area contributed by atoms with Crippen LogP contribution < -0.4 is 11.1 Å². The van der Waals surface area contributed by atoms with Gasteiger partial charge in [0.2, 0.25) is 11.8 Å². The van der Waals surface area contributed by atoms with Crippen molar-refractivity contribution in [2.24, 2.45) is 11.7 Å². The fraction of sp³-hybridized carbons (Fsp3) is 0.375. The number of methoxy groups -OCH3 is 1. The van der Waals surface area contributed by atoms with Crippen molar-refractivity contribution >= 4 is 50.7 Å². The fourth-order valence-electron chi connectivity index (χ4n) is 7.37. The summed E-state index contributed by atoms with van der Waals surface area (Å²) < 4.78 is 4.72. The summed E-state index contributed by atoms with van der Waals surface area (Å²) in [5, 5.41) is 4.71. The summed E-state index contributed by atoms with van der Waals surface area (Å²) in [6, 6.07) is 14.4. The van der Waals surface area contributed by atoms with E-state index in [9.17, 15) is 14.4 Å². The van der Waals surface area contributed by atoms with Crippen molar-refractivity contribution in [3.05, 3.63) is 84.0 Å². The van der Waals surface area contributed by atoms with E-state index in [2.05, 4.69) is 51.9 Å². The zero-order valence-corrected chi connectivity index (χ0v) is 29.7. The van der Waals surface area contributed by atoms with Crippen molar-refractivity contribution in [2.75, 3.05) is 20.2 Å². The molecule has 0 unspecified atom stereocenters. The normalized spacial score (nSPS) is 18.5. The van der Waals surface area contributed by atoms with E-state index >= 15 is 0 Å². The minimum atomic E-state index is -0.760. The van der Waals surface area contributed by atoms with Gasteiger partial charge in [-0.3, -0.25) is 9.59 Å². The largest absolute Gasteiger partial charge is 0.453 e. The molecule has 7 rings (SSSR count). The molecule has 2 aliphatic rings. The van der Waals surface area contributed by atoms with Gasteiger partial charge in [-0.2, -0.15) is 0 Å². The van der Waals surface area contributed by atoms with Gasteiger partial charge in [0.25, 0.3) is 0 Å². The number of likely N-dealkylation sites (tertiary alicyclic amines) is 2. The molecule has 5 aromatic rings. The van der Waals surface area contributed by atoms with Gasteiger partial charge in [0.15, 0.2) is 0 Å². The molecule has 0 bridgehead atoms. The molecule has 2 aromatic heterocycles. The lowest BCUT2D eigenvalue weighted by Gasteiger charge is -2.27. The Labute approximate surface area is 302 Å². The number of hydrogen-bond acceptors (Lipinski definition) is 7. The van der Waals surface area contributed by atoms with Gasteiger partial charge in [-0.25, -0.2) is 14.8 Å². The second-order valence-corrected chi connectivity index (χ2v) is 14.0. The first-order chi connectivity index (χ1) is 25.1. The number of amides is 3. The van der Waals surface area contributed by atoms with E-state index in [1.807, 2.05) is 49.1 Å². The van der Waals surface area contributed by atoms with Gasteiger partial charge < -0.3 is 35.6 Å². The number of hydrogen-bond donors (Lipinski definition) is 4. The highest BCUT2D eigenvalue weighted by molar-refractivity contribution is 6.04. The Morgan fingerprint density at radius 2 is 1.58 bits per heavy atom. The molecule has 3 amide bonds. The minimum Gasteiger partial charge on any atom is -0.453 e. The number of nitrogens with two attached hydrogens (primary N) is 1. The summed E-state index contributed by atoms with van der Waals surface area (Å²) in [6.07, 6.45) is 4.61. The summed E-state index contributed by atoms with van der Waals surface area (Å²) in [4.78, 5) is 58.8. The van der Waals surface area contributed by atoms with Gasteiger partial charge in [-0.1, -0.05) is 43.9 Å². The average molecular weight is 701 g/mol. The number of imidazole rings is 2. The van der Waals surface area contributed by atoms with Gasteiger partial charge in [0.1, 0.15) is 17.7 Å². The lowest BCUT2D eigenvalue weighted by atomic mass is 10.0. The number of ether oxygens (including phenoxy) is 1. The van der Waals surface area contributed by atoms with Crippen LogP contribution in [0.3, 0.4) is 0 Å². The summed E-state index contributed by atoms with van der Waals surface area (Å²) in [7, 11) is 1.27. The highest BCUT2D eigenvalue weighted by Gasteiger charge is 2.37. The highest BCUT2D eigenvalue weighted by atomic mass is 16.5. The van der Waals surface area contributed by atoms with E-state index in [0.29, 0.717) is 25.3 Å². The van der Waals surface area contributed by atoms with Gasteiger partial charge in [-0.15, -0.1) is 6.58 Å². The summed E-state index contributed by atoms with van der Waals surface area (Å²) in [5.74, 6) is 7.97. The zero-order chi connectivity index (χ0) is 36.5. The second-order valence-electron chi connectivity index (χ2n) is 14.0. The van der Waals surface area contributed by atoms with Crippen molar-refractivity contribution in [3.63, 3.8) is 0 Å². The molecule has 4 atom stereocenters. The van der Waals surface area contributed by atoms with Crippen LogP contribution in [0, 0.1) is 17.8 Å². The topological polar surface area (TPSA) is 162 Å². The number of rotatable bonds is 8. The molecule has 268 valence electrons. The van der Waals surface area contributed by atoms with Gasteiger partial charge in [0.05, 0.1) is 47.3 Å². The number of carbonyl (C=O) groups is 3. The Hall–Kier alpha value is -5.67. The van der Waals surface area contributed by atoms with Crippen LogP contribution in [0.15, 0.2) is 61.2 Å². The first-order valence-electron chi connectivity index (χ1n) is 17.9. The molecular weight excluding hydrogens is 656 g/mol. The molecule has 2 fully saturated rings. The zero-order valence-electron chi connectivity index (χ0n) is 29.7. The lowest BCUT2D eigenvalue weighted by Crippen LogP contribution is -2.48. The quantitative estimate of drug-likeness (QED) is 0.121. The molecule has 2 saturated heterocycles. The monoisotopic (exact) mass is 700 g/mol. The van der Waals surface area contributed by atoms with Crippen molar-refractivity contribution in [3.8, 4) is 11.8 Å². The predicted molar refractivity (Wildman–Crippen MR) is 200 cm³/mol. The molecule has 0 spiro atoms. The molecule has 0 radical (unpaired) electrons. The number of aromatic nitrogens is 4. The van der Waals surface area contributed by atoms with Crippen molar-refractivity contribution < 1.29 is 19.1 Å². The number of nitrogens with zero attached hydrogens (tertiary/aromatic N) is 4. The third kappa shape index (κ3) is 6.72. The maximum atomic E-state index is 13.5. The number of carbonyl (C=O) groups excluding carboxylic acids is 3. The summed E-state index contributed by atoms with van der Waals surface area (Å²) in [6.45, 7) is 8.94. The van der Waals surface area contributed by atoms with Crippen LogP contribution in [-0.4, -0.2) is 79.9 Å². The summed E-state index contributed by atoms with van der Waals surface area (Å²) >= 11 is 0. The van der Waals surface area contributed by atoms with E-state index < -0.39 is 18.2 Å². The van der Waals surface area contributed by atoms with Gasteiger partial charge >= 0.3 is 6.09 Å². The Morgan fingerprint density at radius 1 is 0.942 bits per heavy atom. The fourth-order valence-corrected chi connectivity index (χ4v) is 7.37. The molecule has 12 nitrogen and oxygen atoms in total. The minimum absolute atomic E-state index is 0.0189. The van der Waals surface area contributed by atoms with E-state index in [4.69, 9.17) is 20.4 Å². The van der Waals surface area contributed by atoms with Crippen molar-refractivity contribution in [1.29, 1.82) is 0 Å². The predicted octanol–water partition coefficient (Wildman–Crippen LogP) is 5.60. The summed E-state index contributed by atoms with van der Waals surface area (Å²) in [5.41, 5.74) is 11.4. The van der Waals surface area contributed by atoms with E-state index in [1.165, 1.54) is 7.11 Å². The molecule has 0 aliphatic carbocycles. The molecule has 3 aromatic carbocycles. The van der Waals surface area contributed by atoms with Crippen molar-refractivity contribution in [2.45, 2.75) is 70.1 Å². The maximum absolute atomic E-state index is 13.5. The first kappa shape index (κ1) is 34.8. The Balaban J connectivity index is 1.09. The molecule has 52 heavy (non-hydrogen) atoms. The third-order valence-corrected chi connectivity index (χ3v) is 10.2. The Bertz CT molecular complexity index is 2240. The van der Waals surface area contributed by atoms with Gasteiger partial charge in [-0.05, 0) is 79.8 Å². The van der Waals surface area contributed by atoms with Gasteiger partial charge in [0, 0.05) is 29.6 Å². The van der Waals surface area contributed by atoms with Crippen LogP contribution in [0.5, 0.6) is 0 Å². The number of aromatic amines is 2. The molecule has 0 saturated carbocycles. The standard InChI is InChI=1S/C40H44N8O4/c1-5-8-30(45-40(51)52-4)38(49)47-19-6-9-32(47)36-42-28-17-14-25(22-31(28)44-36)12-11-24-13-16-27-26(21-24)15-18-29-35(27)46-37(43-29)33-10-7-20-48(33)39(50)34(41)23(2)3/h5,13-18,21-23,30,32-34H,1,6-10,19-20,41H2,2-4H3,(H,42,44)(H,43,46)(H,45,51)/t30-,32-,33-,34-/m0/s1. The molecule has 2 aliphatic heterocycles. The average Bonchev–Trinajstić information content (AvgIpc) is 3.97. The Kier molecular flexibility index (Phi) is 9.71. The first-order valence-corrected chi connectivity index (χ1v) is 17.9. The molecule has 5 N–H and O–H groups in total. The van der Waals surface area contributed by atoms with Crippen LogP contribution >= 0.6 is 0 Å². The van der Waals surface area contributed by atoms with E-state index in [1.54, 1.807) is 11.0 Å². The molecule has 12 heteroatoms. The van der Waals surface area contributed by atoms with Crippen LogP contribution in [0.25, 0.3) is 32.8 Å². The highest BCUT2D eigenvalue weighted by Crippen LogP contribution is 2.35. The number of H-pyrrole nitrogens is 2. The van der Waals surface area contributed by atoms with Crippen LogP contribution in [0.2, 0.25) is 0 Å². The number of benzene rings is 3.